The Morgan fingerprint density at radius 3 is 1.84 bits per heavy atom. The smallest absolute Gasteiger partial charge is 0.143 e. The van der Waals surface area contributed by atoms with Crippen molar-refractivity contribution in [2.45, 2.75) is 0 Å². The third-order valence-electron chi connectivity index (χ3n) is 8.66. The molecule has 0 fully saturated rings. The van der Waals surface area contributed by atoms with E-state index in [1.165, 1.54) is 32.7 Å². The summed E-state index contributed by atoms with van der Waals surface area (Å²) in [5, 5.41) is 8.35. The minimum absolute atomic E-state index is 0.916. The maximum Gasteiger partial charge on any atom is 0.143 e. The molecule has 7 aromatic carbocycles. The van der Waals surface area contributed by atoms with Crippen LogP contribution in [0.1, 0.15) is 0 Å². The van der Waals surface area contributed by atoms with Crippen molar-refractivity contribution in [3.8, 4) is 33.5 Å². The van der Waals surface area contributed by atoms with E-state index in [2.05, 4.69) is 140 Å². The summed E-state index contributed by atoms with van der Waals surface area (Å²) < 4.78 is 6.34. The highest BCUT2D eigenvalue weighted by Gasteiger charge is 2.17. The van der Waals surface area contributed by atoms with Crippen molar-refractivity contribution >= 4 is 54.4 Å². The van der Waals surface area contributed by atoms with Gasteiger partial charge in [0.15, 0.2) is 0 Å². The molecule has 0 radical (unpaired) electrons. The number of nitrogens with zero attached hydrogens (tertiary/aromatic N) is 1. The normalized spacial score (nSPS) is 11.7. The molecule has 2 aromatic heterocycles. The van der Waals surface area contributed by atoms with Crippen LogP contribution in [0.5, 0.6) is 0 Å². The first kappa shape index (κ1) is 23.9. The second-order valence-electron chi connectivity index (χ2n) is 11.1. The van der Waals surface area contributed by atoms with Crippen LogP contribution in [0.25, 0.3) is 87.9 Å². The number of rotatable bonds is 3. The monoisotopic (exact) mass is 547 g/mol. The standard InChI is InChI=1S/C41H25NO/c1-2-11-28(12-3-1)40-36-25-35(30-13-4-5-15-32(30)39(36)34-16-6-8-19-37(34)42-40)27-23-21-26(22-24-27)29-17-10-18-33-31-14-7-9-20-38(31)43-41(29)33/h1-25H. The summed E-state index contributed by atoms with van der Waals surface area (Å²) in [5.74, 6) is 0. The zero-order valence-corrected chi connectivity index (χ0v) is 23.3. The number of hydrogen-bond acceptors (Lipinski definition) is 2. The summed E-state index contributed by atoms with van der Waals surface area (Å²) >= 11 is 0. The first-order chi connectivity index (χ1) is 21.3. The first-order valence-corrected chi connectivity index (χ1v) is 14.6. The van der Waals surface area contributed by atoms with Crippen molar-refractivity contribution < 1.29 is 4.42 Å². The summed E-state index contributed by atoms with van der Waals surface area (Å²) in [5.41, 5.74) is 9.59. The Balaban J connectivity index is 1.28. The van der Waals surface area contributed by atoms with Gasteiger partial charge in [0, 0.05) is 38.1 Å². The van der Waals surface area contributed by atoms with Gasteiger partial charge in [-0.2, -0.15) is 0 Å². The summed E-state index contributed by atoms with van der Waals surface area (Å²) in [7, 11) is 0. The van der Waals surface area contributed by atoms with Gasteiger partial charge < -0.3 is 4.42 Å². The van der Waals surface area contributed by atoms with Gasteiger partial charge in [-0.05, 0) is 45.7 Å². The fourth-order valence-electron chi connectivity index (χ4n) is 6.67. The van der Waals surface area contributed by atoms with Crippen LogP contribution in [0.15, 0.2) is 156 Å². The molecule has 2 nitrogen and oxygen atoms in total. The highest BCUT2D eigenvalue weighted by atomic mass is 16.3. The molecule has 9 aromatic rings. The molecule has 0 spiro atoms. The van der Waals surface area contributed by atoms with Crippen molar-refractivity contribution in [2.24, 2.45) is 0 Å². The van der Waals surface area contributed by atoms with Crippen molar-refractivity contribution in [1.29, 1.82) is 0 Å². The Morgan fingerprint density at radius 2 is 1.02 bits per heavy atom. The zero-order chi connectivity index (χ0) is 28.3. The van der Waals surface area contributed by atoms with E-state index in [4.69, 9.17) is 9.40 Å². The van der Waals surface area contributed by atoms with Crippen molar-refractivity contribution in [2.75, 3.05) is 0 Å². The average molecular weight is 548 g/mol. The lowest BCUT2D eigenvalue weighted by molar-refractivity contribution is 0.670. The van der Waals surface area contributed by atoms with Crippen LogP contribution in [0.3, 0.4) is 0 Å². The second-order valence-corrected chi connectivity index (χ2v) is 11.1. The number of para-hydroxylation sites is 3. The molecule has 0 saturated heterocycles. The molecule has 0 amide bonds. The van der Waals surface area contributed by atoms with E-state index in [0.717, 1.165) is 55.2 Å². The fraction of sp³-hybridized carbons (Fsp3) is 0. The van der Waals surface area contributed by atoms with E-state index in [1.54, 1.807) is 0 Å². The van der Waals surface area contributed by atoms with Crippen LogP contribution in [-0.2, 0) is 0 Å². The van der Waals surface area contributed by atoms with Crippen LogP contribution >= 0.6 is 0 Å². The summed E-state index contributed by atoms with van der Waals surface area (Å²) in [6, 6.07) is 53.7. The average Bonchev–Trinajstić information content (AvgIpc) is 3.47. The summed E-state index contributed by atoms with van der Waals surface area (Å²) in [4.78, 5) is 5.21. The molecule has 0 aliphatic carbocycles. The van der Waals surface area contributed by atoms with E-state index in [1.807, 2.05) is 12.1 Å². The van der Waals surface area contributed by atoms with Gasteiger partial charge in [-0.3, -0.25) is 0 Å². The van der Waals surface area contributed by atoms with Crippen LogP contribution in [0.2, 0.25) is 0 Å². The lowest BCUT2D eigenvalue weighted by atomic mass is 9.89. The third kappa shape index (κ3) is 3.70. The number of hydrogen-bond donors (Lipinski definition) is 0. The number of fused-ring (bicyclic) bond motifs is 8. The van der Waals surface area contributed by atoms with Crippen molar-refractivity contribution in [1.82, 2.24) is 4.98 Å². The zero-order valence-electron chi connectivity index (χ0n) is 23.3. The van der Waals surface area contributed by atoms with Gasteiger partial charge in [0.05, 0.1) is 11.2 Å². The molecule has 0 aliphatic heterocycles. The van der Waals surface area contributed by atoms with Crippen molar-refractivity contribution in [3.05, 3.63) is 152 Å². The topological polar surface area (TPSA) is 26.0 Å². The Hall–Kier alpha value is -5.73. The summed E-state index contributed by atoms with van der Waals surface area (Å²) in [6.07, 6.45) is 0. The fourth-order valence-corrected chi connectivity index (χ4v) is 6.67. The van der Waals surface area contributed by atoms with E-state index < -0.39 is 0 Å². The van der Waals surface area contributed by atoms with Crippen LogP contribution < -0.4 is 0 Å². The summed E-state index contributed by atoms with van der Waals surface area (Å²) in [6.45, 7) is 0. The van der Waals surface area contributed by atoms with Crippen LogP contribution in [-0.4, -0.2) is 4.98 Å². The molecule has 43 heavy (non-hydrogen) atoms. The molecule has 0 bridgehead atoms. The Morgan fingerprint density at radius 1 is 0.395 bits per heavy atom. The molecule has 0 aliphatic rings. The van der Waals surface area contributed by atoms with E-state index in [9.17, 15) is 0 Å². The number of furan rings is 1. The lowest BCUT2D eigenvalue weighted by Crippen LogP contribution is -1.92. The molecular weight excluding hydrogens is 522 g/mol. The van der Waals surface area contributed by atoms with Gasteiger partial charge in [-0.25, -0.2) is 4.98 Å². The Labute approximate surface area is 248 Å². The number of aromatic nitrogens is 1. The van der Waals surface area contributed by atoms with Gasteiger partial charge >= 0.3 is 0 Å². The minimum atomic E-state index is 0.916. The molecule has 0 saturated carbocycles. The molecule has 9 rings (SSSR count). The van der Waals surface area contributed by atoms with Gasteiger partial charge in [0.2, 0.25) is 0 Å². The van der Waals surface area contributed by atoms with Gasteiger partial charge in [0.1, 0.15) is 11.2 Å². The second kappa shape index (κ2) is 9.40. The van der Waals surface area contributed by atoms with Gasteiger partial charge in [0.25, 0.3) is 0 Å². The molecular formula is C41H25NO. The Bertz CT molecular complexity index is 2490. The highest BCUT2D eigenvalue weighted by molar-refractivity contribution is 6.25. The predicted molar refractivity (Wildman–Crippen MR) is 180 cm³/mol. The SMILES string of the molecule is c1ccc(-c2nc3ccccc3c3c2cc(-c2ccc(-c4cccc5c4oc4ccccc45)cc2)c2ccccc23)cc1. The van der Waals surface area contributed by atoms with E-state index >= 15 is 0 Å². The number of benzene rings is 7. The molecule has 2 heterocycles. The molecule has 0 N–H and O–H groups in total. The van der Waals surface area contributed by atoms with Crippen LogP contribution in [0, 0.1) is 0 Å². The first-order valence-electron chi connectivity index (χ1n) is 14.6. The maximum absolute atomic E-state index is 6.34. The van der Waals surface area contributed by atoms with E-state index in [0.29, 0.717) is 0 Å². The van der Waals surface area contributed by atoms with E-state index in [-0.39, 0.29) is 0 Å². The largest absolute Gasteiger partial charge is 0.455 e. The lowest BCUT2D eigenvalue weighted by Gasteiger charge is -2.16. The molecule has 200 valence electrons. The van der Waals surface area contributed by atoms with Gasteiger partial charge in [-0.15, -0.1) is 0 Å². The van der Waals surface area contributed by atoms with Crippen molar-refractivity contribution in [3.63, 3.8) is 0 Å². The molecule has 0 unspecified atom stereocenters. The number of pyridine rings is 1. The van der Waals surface area contributed by atoms with Crippen LogP contribution in [0.4, 0.5) is 0 Å². The predicted octanol–water partition coefficient (Wildman–Crippen LogP) is 11.4. The third-order valence-corrected chi connectivity index (χ3v) is 8.66. The molecule has 0 atom stereocenters. The van der Waals surface area contributed by atoms with Gasteiger partial charge in [-0.1, -0.05) is 133 Å². The quantitative estimate of drug-likeness (QED) is 0.206. The maximum atomic E-state index is 6.34. The minimum Gasteiger partial charge on any atom is -0.455 e. The Kier molecular flexibility index (Phi) is 5.23. The highest BCUT2D eigenvalue weighted by Crippen LogP contribution is 2.42. The molecule has 2 heteroatoms.